The number of aliphatic hydroxyl groups is 10. The smallest absolute Gasteiger partial charge is 0.387 e. The molecule has 20 heteroatoms. The van der Waals surface area contributed by atoms with Crippen molar-refractivity contribution in [3.05, 3.63) is 0 Å². The van der Waals surface area contributed by atoms with Gasteiger partial charge in [0.15, 0.2) is 18.9 Å². The number of aliphatic hydroxyl groups excluding tert-OH is 10. The van der Waals surface area contributed by atoms with Crippen molar-refractivity contribution in [3.8, 4) is 0 Å². The molecular formula is C18H33O19P. The van der Waals surface area contributed by atoms with Gasteiger partial charge in [-0.25, -0.2) is 4.57 Å². The number of hydrogen-bond donors (Lipinski definition) is 12. The summed E-state index contributed by atoms with van der Waals surface area (Å²) >= 11 is 0. The second-order valence-corrected chi connectivity index (χ2v) is 10.3. The molecule has 0 aromatic heterocycles. The van der Waals surface area contributed by atoms with E-state index in [1.54, 1.807) is 0 Å². The number of ether oxygens (including phenoxy) is 5. The van der Waals surface area contributed by atoms with Crippen molar-refractivity contribution in [2.45, 2.75) is 92.1 Å². The molecule has 15 atom stereocenters. The van der Waals surface area contributed by atoms with Gasteiger partial charge in [0.25, 0.3) is 0 Å². The second kappa shape index (κ2) is 13.0. The number of rotatable bonds is 9. The fourth-order valence-electron chi connectivity index (χ4n) is 4.00. The summed E-state index contributed by atoms with van der Waals surface area (Å²) in [5, 5.41) is 99.7. The quantitative estimate of drug-likeness (QED) is 0.112. The Hall–Kier alpha value is -0.490. The van der Waals surface area contributed by atoms with Crippen LogP contribution in [0.15, 0.2) is 0 Å². The van der Waals surface area contributed by atoms with Gasteiger partial charge in [-0.15, -0.1) is 0 Å². The van der Waals surface area contributed by atoms with Gasteiger partial charge in [-0.3, -0.25) is 4.52 Å². The molecule has 3 saturated heterocycles. The van der Waals surface area contributed by atoms with Crippen LogP contribution in [0.2, 0.25) is 0 Å². The summed E-state index contributed by atoms with van der Waals surface area (Å²) in [6.07, 6.45) is -26.1. The minimum atomic E-state index is -4.97. The molecule has 3 fully saturated rings. The minimum absolute atomic E-state index is 0.629. The van der Waals surface area contributed by atoms with Crippen molar-refractivity contribution < 1.29 is 93.6 Å². The Labute approximate surface area is 214 Å². The number of phosphoric acid groups is 1. The first kappa shape index (κ1) is 32.0. The van der Waals surface area contributed by atoms with Gasteiger partial charge in [0.2, 0.25) is 0 Å². The van der Waals surface area contributed by atoms with Crippen LogP contribution in [0.4, 0.5) is 0 Å². The summed E-state index contributed by atoms with van der Waals surface area (Å²) in [4.78, 5) is 17.6. The fraction of sp³-hybridized carbons (Fsp3) is 1.00. The molecule has 0 radical (unpaired) electrons. The first-order chi connectivity index (χ1) is 17.6. The summed E-state index contributed by atoms with van der Waals surface area (Å²) in [5.74, 6) is 0. The first-order valence-corrected chi connectivity index (χ1v) is 12.9. The molecule has 38 heavy (non-hydrogen) atoms. The zero-order chi connectivity index (χ0) is 28.5. The van der Waals surface area contributed by atoms with E-state index < -0.39 is 120 Å². The third kappa shape index (κ3) is 7.42. The second-order valence-electron chi connectivity index (χ2n) is 9.02. The molecule has 0 spiro atoms. The standard InChI is InChI=1S/C18H33O19P/c19-7-4(35-16(28)13(25)10(7)22)1-32-17-14(26)11(23)8(20)5(36-17)2-33-18-15(27)12(24)9(21)6(37-18)3-34-38(29,30)31/h4-28H,1-3H2,(H2,29,30,31)/t4-,5-,6-,7-,8-,9-,10+,11+,12+,13+,14+,15+,16?,17+,18+/m1/s1. The van der Waals surface area contributed by atoms with Crippen LogP contribution < -0.4 is 0 Å². The Morgan fingerprint density at radius 3 is 1.29 bits per heavy atom. The van der Waals surface area contributed by atoms with E-state index in [0.29, 0.717) is 0 Å². The lowest BCUT2D eigenvalue weighted by Crippen LogP contribution is -2.62. The van der Waals surface area contributed by atoms with E-state index in [2.05, 4.69) is 4.52 Å². The predicted molar refractivity (Wildman–Crippen MR) is 112 cm³/mol. The van der Waals surface area contributed by atoms with Crippen molar-refractivity contribution in [3.63, 3.8) is 0 Å². The van der Waals surface area contributed by atoms with Crippen LogP contribution in [0.1, 0.15) is 0 Å². The molecule has 0 aromatic rings. The van der Waals surface area contributed by atoms with Gasteiger partial charge < -0.3 is 84.5 Å². The molecular weight excluding hydrogens is 551 g/mol. The maximum atomic E-state index is 10.9. The topological polar surface area (TPSA) is 315 Å². The normalized spacial score (nSPS) is 48.7. The summed E-state index contributed by atoms with van der Waals surface area (Å²) in [6, 6.07) is 0. The Bertz CT molecular complexity index is 800. The van der Waals surface area contributed by atoms with Crippen LogP contribution in [0, 0.1) is 0 Å². The minimum Gasteiger partial charge on any atom is -0.387 e. The van der Waals surface area contributed by atoms with Crippen LogP contribution in [-0.4, -0.2) is 173 Å². The van der Waals surface area contributed by atoms with Crippen LogP contribution in [0.25, 0.3) is 0 Å². The van der Waals surface area contributed by atoms with Gasteiger partial charge in [-0.2, -0.15) is 0 Å². The van der Waals surface area contributed by atoms with Gasteiger partial charge in [0.1, 0.15) is 73.2 Å². The van der Waals surface area contributed by atoms with Crippen molar-refractivity contribution in [1.29, 1.82) is 0 Å². The highest BCUT2D eigenvalue weighted by molar-refractivity contribution is 7.46. The highest BCUT2D eigenvalue weighted by Gasteiger charge is 2.49. The predicted octanol–water partition coefficient (Wildman–Crippen LogP) is -7.46. The average molecular weight is 584 g/mol. The largest absolute Gasteiger partial charge is 0.469 e. The number of phosphoric ester groups is 1. The summed E-state index contributed by atoms with van der Waals surface area (Å²) in [5.41, 5.74) is 0. The Morgan fingerprint density at radius 1 is 0.500 bits per heavy atom. The zero-order valence-electron chi connectivity index (χ0n) is 19.5. The molecule has 0 saturated carbocycles. The summed E-state index contributed by atoms with van der Waals surface area (Å²) < 4.78 is 41.2. The highest BCUT2D eigenvalue weighted by Crippen LogP contribution is 2.37. The van der Waals surface area contributed by atoms with E-state index in [0.717, 1.165) is 0 Å². The SMILES string of the molecule is O=P(O)(O)OC[C@H]1O[C@H](OC[C@H]2O[C@H](OC[C@H]3OC(O)[C@@H](O)[C@@H](O)[C@@H]3O)[C@@H](O)[C@@H](O)[C@@H]2O)[C@@H](O)[C@@H](O)[C@@H]1O. The third-order valence-electron chi connectivity index (χ3n) is 6.28. The third-order valence-corrected chi connectivity index (χ3v) is 6.77. The van der Waals surface area contributed by atoms with Gasteiger partial charge >= 0.3 is 7.82 Å². The maximum absolute atomic E-state index is 10.9. The molecule has 3 aliphatic heterocycles. The van der Waals surface area contributed by atoms with Crippen LogP contribution in [-0.2, 0) is 32.8 Å². The van der Waals surface area contributed by atoms with Crippen molar-refractivity contribution in [2.24, 2.45) is 0 Å². The van der Waals surface area contributed by atoms with E-state index >= 15 is 0 Å². The molecule has 12 N–H and O–H groups in total. The van der Waals surface area contributed by atoms with Gasteiger partial charge in [0, 0.05) is 0 Å². The maximum Gasteiger partial charge on any atom is 0.469 e. The highest BCUT2D eigenvalue weighted by atomic mass is 31.2. The van der Waals surface area contributed by atoms with E-state index in [1.165, 1.54) is 0 Å². The Kier molecular flexibility index (Phi) is 11.0. The first-order valence-electron chi connectivity index (χ1n) is 11.3. The summed E-state index contributed by atoms with van der Waals surface area (Å²) in [7, 11) is -4.97. The number of hydrogen-bond acceptors (Lipinski definition) is 17. The molecule has 3 aliphatic rings. The van der Waals surface area contributed by atoms with Crippen LogP contribution >= 0.6 is 7.82 Å². The van der Waals surface area contributed by atoms with Crippen molar-refractivity contribution in [1.82, 2.24) is 0 Å². The fourth-order valence-corrected chi connectivity index (χ4v) is 4.34. The van der Waals surface area contributed by atoms with Crippen molar-refractivity contribution in [2.75, 3.05) is 19.8 Å². The molecule has 1 unspecified atom stereocenters. The molecule has 3 heterocycles. The van der Waals surface area contributed by atoms with E-state index in [9.17, 15) is 55.6 Å². The van der Waals surface area contributed by atoms with Gasteiger partial charge in [-0.05, 0) is 0 Å². The molecule has 3 rings (SSSR count). The average Bonchev–Trinajstić information content (AvgIpc) is 2.86. The molecule has 19 nitrogen and oxygen atoms in total. The lowest BCUT2D eigenvalue weighted by molar-refractivity contribution is -0.340. The lowest BCUT2D eigenvalue weighted by atomic mass is 9.98. The summed E-state index contributed by atoms with van der Waals surface area (Å²) in [6.45, 7) is -2.21. The van der Waals surface area contributed by atoms with E-state index in [1.807, 2.05) is 0 Å². The molecule has 0 aliphatic carbocycles. The Morgan fingerprint density at radius 2 is 0.868 bits per heavy atom. The van der Waals surface area contributed by atoms with E-state index in [4.69, 9.17) is 33.5 Å². The molecule has 0 amide bonds. The molecule has 0 bridgehead atoms. The Balaban J connectivity index is 1.59. The molecule has 0 aromatic carbocycles. The van der Waals surface area contributed by atoms with Crippen molar-refractivity contribution >= 4 is 7.82 Å². The van der Waals surface area contributed by atoms with Crippen LogP contribution in [0.5, 0.6) is 0 Å². The molecule has 224 valence electrons. The van der Waals surface area contributed by atoms with Crippen LogP contribution in [0.3, 0.4) is 0 Å². The van der Waals surface area contributed by atoms with Gasteiger partial charge in [0.05, 0.1) is 19.8 Å². The lowest BCUT2D eigenvalue weighted by Gasteiger charge is -2.43. The van der Waals surface area contributed by atoms with E-state index in [-0.39, 0.29) is 0 Å². The zero-order valence-corrected chi connectivity index (χ0v) is 20.3. The van der Waals surface area contributed by atoms with Gasteiger partial charge in [-0.1, -0.05) is 0 Å². The monoisotopic (exact) mass is 584 g/mol.